The van der Waals surface area contributed by atoms with E-state index in [4.69, 9.17) is 38.4 Å². The third-order valence-electron chi connectivity index (χ3n) is 14.4. The van der Waals surface area contributed by atoms with Gasteiger partial charge in [-0.15, -0.1) is 6.58 Å². The molecule has 5 aliphatic rings. The molecule has 3 aliphatic carbocycles. The first-order chi connectivity index (χ1) is 33.0. The molecule has 2 heterocycles. The molecule has 2 saturated carbocycles. The summed E-state index contributed by atoms with van der Waals surface area (Å²) in [5, 5.41) is 25.1. The minimum absolute atomic E-state index is 0.00530. The number of ether oxygens (including phenoxy) is 6. The van der Waals surface area contributed by atoms with Crippen molar-refractivity contribution in [1.29, 1.82) is 0 Å². The highest BCUT2D eigenvalue weighted by Crippen LogP contribution is 2.62. The van der Waals surface area contributed by atoms with E-state index in [1.54, 1.807) is 24.3 Å². The van der Waals surface area contributed by atoms with Crippen LogP contribution in [0.4, 0.5) is 0 Å². The minimum Gasteiger partial charge on any atom is -0.496 e. The molecule has 3 aromatic carbocycles. The molecule has 0 radical (unpaired) electrons. The molecule has 13 nitrogen and oxygen atoms in total. The second-order valence-electron chi connectivity index (χ2n) is 20.0. The van der Waals surface area contributed by atoms with Crippen LogP contribution in [0.25, 0.3) is 0 Å². The normalized spacial score (nSPS) is 24.4. The molecule has 0 aromatic heterocycles. The molecule has 0 bridgehead atoms. The predicted molar refractivity (Wildman–Crippen MR) is 259 cm³/mol. The van der Waals surface area contributed by atoms with E-state index in [-0.39, 0.29) is 63.2 Å². The quantitative estimate of drug-likeness (QED) is 0.0428. The lowest BCUT2D eigenvalue weighted by Crippen LogP contribution is -2.70. The summed E-state index contributed by atoms with van der Waals surface area (Å²) in [5.74, 6) is 1.79. The zero-order valence-electron chi connectivity index (χ0n) is 40.3. The van der Waals surface area contributed by atoms with Gasteiger partial charge in [0.2, 0.25) is 18.5 Å². The molecule has 68 heavy (non-hydrogen) atoms. The number of fused-ring (bicyclic) bond motifs is 3. The third kappa shape index (κ3) is 10.7. The molecule has 6 atom stereocenters. The number of hydrogen-bond acceptors (Lipinski definition) is 12. The van der Waals surface area contributed by atoms with Gasteiger partial charge in [0.25, 0.3) is 0 Å². The van der Waals surface area contributed by atoms with E-state index in [2.05, 4.69) is 12.7 Å². The molecule has 13 heteroatoms. The van der Waals surface area contributed by atoms with Crippen molar-refractivity contribution >= 4 is 17.9 Å². The van der Waals surface area contributed by atoms with Gasteiger partial charge < -0.3 is 48.4 Å². The minimum atomic E-state index is -1.43. The molecule has 0 spiro atoms. The Morgan fingerprint density at radius 1 is 0.926 bits per heavy atom. The fourth-order valence-corrected chi connectivity index (χ4v) is 11.3. The lowest BCUT2D eigenvalue weighted by atomic mass is 9.55. The number of oxime groups is 1. The Kier molecular flexibility index (Phi) is 15.8. The maximum absolute atomic E-state index is 15.3. The van der Waals surface area contributed by atoms with Crippen molar-refractivity contribution < 1.29 is 53.1 Å². The van der Waals surface area contributed by atoms with Gasteiger partial charge in [0.05, 0.1) is 30.9 Å². The van der Waals surface area contributed by atoms with Crippen molar-refractivity contribution in [3.63, 3.8) is 0 Å². The van der Waals surface area contributed by atoms with E-state index < -0.39 is 23.3 Å². The molecular weight excluding hydrogens is 865 g/mol. The second kappa shape index (κ2) is 21.9. The molecule has 1 amide bonds. The average molecular weight is 935 g/mol. The Balaban J connectivity index is 1.33. The van der Waals surface area contributed by atoms with Crippen LogP contribution in [0.1, 0.15) is 132 Å². The van der Waals surface area contributed by atoms with Crippen molar-refractivity contribution in [3.05, 3.63) is 95.6 Å². The lowest BCUT2D eigenvalue weighted by molar-refractivity contribution is -0.258. The summed E-state index contributed by atoms with van der Waals surface area (Å²) in [6.07, 6.45) is 15.4. The number of amides is 1. The molecule has 2 N–H and O–H groups in total. The summed E-state index contributed by atoms with van der Waals surface area (Å²) in [6.45, 7) is 10.7. The number of methoxy groups -OCH3 is 1. The van der Waals surface area contributed by atoms with Gasteiger partial charge in [0, 0.05) is 44.1 Å². The van der Waals surface area contributed by atoms with E-state index in [9.17, 15) is 15.0 Å². The van der Waals surface area contributed by atoms with Crippen LogP contribution >= 0.6 is 0 Å². The Hall–Kier alpha value is -5.37. The number of aliphatic hydroxyl groups is 2. The lowest BCUT2D eigenvalue weighted by Gasteiger charge is -2.60. The molecule has 3 aromatic rings. The Morgan fingerprint density at radius 3 is 2.40 bits per heavy atom. The molecule has 0 saturated heterocycles. The fourth-order valence-electron chi connectivity index (χ4n) is 11.3. The van der Waals surface area contributed by atoms with Crippen LogP contribution in [-0.2, 0) is 20.9 Å². The number of carbonyl (C=O) groups excluding carboxylic acids is 2. The first-order valence-electron chi connectivity index (χ1n) is 24.7. The van der Waals surface area contributed by atoms with E-state index in [0.717, 1.165) is 73.6 Å². The predicted octanol–water partition coefficient (Wildman–Crippen LogP) is 10.5. The fraction of sp³-hybridized carbons (Fsp3) is 0.545. The maximum Gasteiger partial charge on any atom is 0.239 e. The zero-order chi connectivity index (χ0) is 47.8. The van der Waals surface area contributed by atoms with Crippen LogP contribution in [0.5, 0.6) is 34.5 Å². The van der Waals surface area contributed by atoms with Crippen molar-refractivity contribution in [2.75, 3.05) is 33.7 Å². The number of hydrogen-bond donors (Lipinski definition) is 2. The highest BCUT2D eigenvalue weighted by Gasteiger charge is 2.65. The number of carbonyl (C=O) groups is 2. The summed E-state index contributed by atoms with van der Waals surface area (Å²) in [4.78, 5) is 35.7. The highest BCUT2D eigenvalue weighted by molar-refractivity contribution is 6.03. The number of nitrogens with zero attached hydrogens (tertiary/aromatic N) is 2. The Labute approximate surface area is 401 Å². The smallest absolute Gasteiger partial charge is 0.239 e. The SMILES string of the molecule is C=CCOC12Oc3ccc(Oc4ccc(OC)c(C=O)c4)cc3C3C(CCCCO)C(CCCCO)C=C(C(=NOC(C)(C)C)CC1N(Cc1ccc4c(c1)OCO4)C(=O)CCC1CCCC1)C32. The zero-order valence-corrected chi connectivity index (χ0v) is 40.3. The van der Waals surface area contributed by atoms with E-state index >= 15 is 4.79 Å². The number of aliphatic hydroxyl groups excluding tert-OH is 2. The Bertz CT molecular complexity index is 2310. The molecular formula is C55H70N2O11. The summed E-state index contributed by atoms with van der Waals surface area (Å²) < 4.78 is 38.3. The molecule has 2 fully saturated rings. The topological polar surface area (TPSA) is 155 Å². The highest BCUT2D eigenvalue weighted by atomic mass is 16.7. The van der Waals surface area contributed by atoms with Crippen molar-refractivity contribution in [1.82, 2.24) is 4.90 Å². The van der Waals surface area contributed by atoms with Crippen molar-refractivity contribution in [2.45, 2.75) is 134 Å². The average Bonchev–Trinajstić information content (AvgIpc) is 4.05. The van der Waals surface area contributed by atoms with Crippen molar-refractivity contribution in [3.8, 4) is 34.5 Å². The van der Waals surface area contributed by atoms with Gasteiger partial charge in [0.15, 0.2) is 17.8 Å². The number of allylic oxidation sites excluding steroid dienone is 1. The monoisotopic (exact) mass is 934 g/mol. The van der Waals surface area contributed by atoms with Crippen LogP contribution in [0.2, 0.25) is 0 Å². The summed E-state index contributed by atoms with van der Waals surface area (Å²) in [6, 6.07) is 16.1. The number of benzene rings is 3. The van der Waals surface area contributed by atoms with Gasteiger partial charge >= 0.3 is 0 Å². The van der Waals surface area contributed by atoms with Gasteiger partial charge in [-0.3, -0.25) is 9.59 Å². The molecule has 6 unspecified atom stereocenters. The van der Waals surface area contributed by atoms with Crippen LogP contribution < -0.4 is 23.7 Å². The summed E-state index contributed by atoms with van der Waals surface area (Å²) in [5.41, 5.74) is 3.25. The summed E-state index contributed by atoms with van der Waals surface area (Å²) >= 11 is 0. The van der Waals surface area contributed by atoms with Gasteiger partial charge in [-0.1, -0.05) is 61.9 Å². The third-order valence-corrected chi connectivity index (χ3v) is 14.4. The van der Waals surface area contributed by atoms with Crippen LogP contribution in [0.15, 0.2) is 84.1 Å². The van der Waals surface area contributed by atoms with Crippen molar-refractivity contribution in [2.24, 2.45) is 28.8 Å². The number of rotatable bonds is 22. The number of aldehydes is 1. The largest absolute Gasteiger partial charge is 0.496 e. The van der Waals surface area contributed by atoms with Gasteiger partial charge in [-0.05, 0) is 130 Å². The first kappa shape index (κ1) is 49.1. The van der Waals surface area contributed by atoms with Gasteiger partial charge in [0.1, 0.15) is 34.6 Å². The summed E-state index contributed by atoms with van der Waals surface area (Å²) in [7, 11) is 1.52. The van der Waals surface area contributed by atoms with Crippen LogP contribution in [0.3, 0.4) is 0 Å². The Morgan fingerprint density at radius 2 is 1.66 bits per heavy atom. The second-order valence-corrected chi connectivity index (χ2v) is 20.0. The van der Waals surface area contributed by atoms with Gasteiger partial charge in [-0.2, -0.15) is 0 Å². The molecule has 2 aliphatic heterocycles. The van der Waals surface area contributed by atoms with Gasteiger partial charge in [-0.25, -0.2) is 0 Å². The van der Waals surface area contributed by atoms with Crippen LogP contribution in [-0.4, -0.2) is 84.2 Å². The molecule has 366 valence electrons. The number of unbranched alkanes of at least 4 members (excludes halogenated alkanes) is 2. The standard InChI is InChI=1S/C55H70N2O11/c1-6-27-65-55-50(57(51(61)24-18-36-13-7-8-14-36)33-37-17-21-48-49(28-37)64-35-63-48)32-45(56-68-54(2,3)4)43-30-38(15-9-11-25-58)42(16-10-12-26-59)52(53(43)55)44-31-41(20-23-47(44)67-55)66-40-19-22-46(62-5)39(29-40)34-60/h6,17,19-23,28-31,34,36,38,42,50,52-53,58-59H,1,7-16,18,24-27,32-33,35H2,2-5H3. The maximum atomic E-state index is 15.3. The van der Waals surface area contributed by atoms with E-state index in [0.29, 0.717) is 65.2 Å². The first-order valence-corrected chi connectivity index (χ1v) is 24.7. The molecule has 8 rings (SSSR count). The van der Waals surface area contributed by atoms with E-state index in [1.807, 2.05) is 62.1 Å². The van der Waals surface area contributed by atoms with Crippen LogP contribution in [0, 0.1) is 23.7 Å². The van der Waals surface area contributed by atoms with E-state index in [1.165, 1.54) is 20.0 Å².